The smallest absolute Gasteiger partial charge is 0.406 e. The number of alkyl halides is 3. The van der Waals surface area contributed by atoms with Crippen molar-refractivity contribution in [1.29, 1.82) is 5.41 Å². The molecule has 140 valence electrons. The molecule has 1 aliphatic heterocycles. The average molecular weight is 420 g/mol. The molecule has 1 aromatic carbocycles. The number of rotatable bonds is 1. The highest BCUT2D eigenvalue weighted by atomic mass is 32.2. The zero-order valence-electron chi connectivity index (χ0n) is 12.4. The monoisotopic (exact) mass is 420 g/mol. The second kappa shape index (κ2) is 6.26. The SMILES string of the molecule is CS(=O)(=O)O.N=c1sc2cc(OC(F)(F)F)cc3c2n1CCS3(=O)=O. The first-order valence-corrected chi connectivity index (χ1v) is 10.6. The van der Waals surface area contributed by atoms with Crippen LogP contribution in [0.5, 0.6) is 5.75 Å². The molecule has 0 bridgehead atoms. The quantitative estimate of drug-likeness (QED) is 0.671. The van der Waals surface area contributed by atoms with Gasteiger partial charge in [0.1, 0.15) is 5.75 Å². The van der Waals surface area contributed by atoms with E-state index >= 15 is 0 Å². The molecular weight excluding hydrogens is 409 g/mol. The fourth-order valence-corrected chi connectivity index (χ4v) is 4.64. The molecule has 0 saturated carbocycles. The van der Waals surface area contributed by atoms with Crippen molar-refractivity contribution in [2.75, 3.05) is 12.0 Å². The molecule has 2 heterocycles. The first kappa shape index (κ1) is 19.7. The summed E-state index contributed by atoms with van der Waals surface area (Å²) in [5.74, 6) is -0.823. The van der Waals surface area contributed by atoms with Gasteiger partial charge in [-0.3, -0.25) is 9.96 Å². The van der Waals surface area contributed by atoms with Crippen molar-refractivity contribution in [3.63, 3.8) is 0 Å². The Labute approximate surface area is 143 Å². The van der Waals surface area contributed by atoms with E-state index in [9.17, 15) is 30.0 Å². The molecule has 2 N–H and O–H groups in total. The van der Waals surface area contributed by atoms with Crippen LogP contribution in [-0.2, 0) is 26.5 Å². The molecule has 0 unspecified atom stereocenters. The topological polar surface area (TPSA) is 127 Å². The van der Waals surface area contributed by atoms with E-state index in [4.69, 9.17) is 9.96 Å². The lowest BCUT2D eigenvalue weighted by molar-refractivity contribution is -0.274. The lowest BCUT2D eigenvalue weighted by atomic mass is 10.3. The van der Waals surface area contributed by atoms with Crippen molar-refractivity contribution < 1.29 is 39.3 Å². The molecule has 0 atom stereocenters. The highest BCUT2D eigenvalue weighted by Crippen LogP contribution is 2.35. The van der Waals surface area contributed by atoms with Gasteiger partial charge in [-0.15, -0.1) is 13.2 Å². The van der Waals surface area contributed by atoms with Crippen LogP contribution in [0.4, 0.5) is 13.2 Å². The van der Waals surface area contributed by atoms with Crippen LogP contribution in [-0.4, -0.2) is 44.3 Å². The predicted molar refractivity (Wildman–Crippen MR) is 81.9 cm³/mol. The summed E-state index contributed by atoms with van der Waals surface area (Å²) in [7, 11) is -7.32. The predicted octanol–water partition coefficient (Wildman–Crippen LogP) is 1.37. The van der Waals surface area contributed by atoms with Crippen molar-refractivity contribution in [1.82, 2.24) is 4.57 Å². The van der Waals surface area contributed by atoms with Gasteiger partial charge in [0.15, 0.2) is 14.6 Å². The van der Waals surface area contributed by atoms with Gasteiger partial charge >= 0.3 is 6.36 Å². The minimum atomic E-state index is -4.89. The zero-order chi connectivity index (χ0) is 19.2. The highest BCUT2D eigenvalue weighted by Gasteiger charge is 2.33. The van der Waals surface area contributed by atoms with Crippen molar-refractivity contribution in [2.45, 2.75) is 17.8 Å². The maximum absolute atomic E-state index is 12.3. The third kappa shape index (κ3) is 4.93. The van der Waals surface area contributed by atoms with Gasteiger partial charge < -0.3 is 9.30 Å². The number of hydrogen-bond donors (Lipinski definition) is 2. The Hall–Kier alpha value is -1.64. The van der Waals surface area contributed by atoms with E-state index in [1.165, 1.54) is 4.57 Å². The molecule has 1 aliphatic rings. The molecule has 8 nitrogen and oxygen atoms in total. The molecule has 0 saturated heterocycles. The van der Waals surface area contributed by atoms with Crippen LogP contribution in [0.1, 0.15) is 0 Å². The molecule has 0 radical (unpaired) electrons. The minimum absolute atomic E-state index is 0.0975. The van der Waals surface area contributed by atoms with E-state index in [2.05, 4.69) is 4.74 Å². The lowest BCUT2D eigenvalue weighted by Gasteiger charge is -2.17. The maximum Gasteiger partial charge on any atom is 0.573 e. The Balaban J connectivity index is 0.000000399. The summed E-state index contributed by atoms with van der Waals surface area (Å²) >= 11 is 0.916. The molecule has 1 aromatic heterocycles. The van der Waals surface area contributed by atoms with Crippen molar-refractivity contribution >= 4 is 41.5 Å². The Morgan fingerprint density at radius 2 is 1.92 bits per heavy atom. The van der Waals surface area contributed by atoms with Gasteiger partial charge in [0.05, 0.1) is 27.1 Å². The number of aryl methyl sites for hydroxylation is 1. The molecule has 0 spiro atoms. The van der Waals surface area contributed by atoms with Crippen molar-refractivity contribution in [2.24, 2.45) is 0 Å². The fourth-order valence-electron chi connectivity index (χ4n) is 2.13. The van der Waals surface area contributed by atoms with Gasteiger partial charge in [0.2, 0.25) is 0 Å². The van der Waals surface area contributed by atoms with Gasteiger partial charge in [0, 0.05) is 18.7 Å². The third-order valence-corrected chi connectivity index (χ3v) is 5.53. The molecule has 25 heavy (non-hydrogen) atoms. The summed E-state index contributed by atoms with van der Waals surface area (Å²) in [6.07, 6.45) is -4.18. The summed E-state index contributed by atoms with van der Waals surface area (Å²) in [5.41, 5.74) is 0.278. The number of halogens is 3. The molecule has 3 rings (SSSR count). The number of hydrogen-bond acceptors (Lipinski definition) is 7. The Morgan fingerprint density at radius 3 is 2.44 bits per heavy atom. The van der Waals surface area contributed by atoms with E-state index < -0.39 is 32.1 Å². The van der Waals surface area contributed by atoms with E-state index in [1.807, 2.05) is 0 Å². The number of aromatic nitrogens is 1. The van der Waals surface area contributed by atoms with Crippen LogP contribution in [0, 0.1) is 5.41 Å². The Morgan fingerprint density at radius 1 is 1.36 bits per heavy atom. The fraction of sp³-hybridized carbons (Fsp3) is 0.364. The van der Waals surface area contributed by atoms with Crippen LogP contribution in [0.15, 0.2) is 17.0 Å². The second-order valence-electron chi connectivity index (χ2n) is 4.93. The molecule has 14 heteroatoms. The number of nitrogens with zero attached hydrogens (tertiary/aromatic N) is 1. The molecule has 2 aromatic rings. The minimum Gasteiger partial charge on any atom is -0.406 e. The van der Waals surface area contributed by atoms with Crippen LogP contribution >= 0.6 is 11.3 Å². The number of thiazole rings is 1. The van der Waals surface area contributed by atoms with Gasteiger partial charge in [-0.2, -0.15) is 8.42 Å². The summed E-state index contributed by atoms with van der Waals surface area (Å²) < 4.78 is 92.2. The highest BCUT2D eigenvalue weighted by molar-refractivity contribution is 7.91. The van der Waals surface area contributed by atoms with Crippen LogP contribution in [0.3, 0.4) is 0 Å². The lowest BCUT2D eigenvalue weighted by Crippen LogP contribution is -2.25. The summed E-state index contributed by atoms with van der Waals surface area (Å²) in [5, 5.41) is 7.73. The summed E-state index contributed by atoms with van der Waals surface area (Å²) in [4.78, 5) is -0.115. The Bertz CT molecular complexity index is 1070. The van der Waals surface area contributed by atoms with Crippen LogP contribution < -0.4 is 9.54 Å². The third-order valence-electron chi connectivity index (χ3n) is 2.89. The number of nitrogens with one attached hydrogen (secondary N) is 1. The number of sulfone groups is 1. The van der Waals surface area contributed by atoms with Crippen molar-refractivity contribution in [3.05, 3.63) is 16.9 Å². The Kier molecular flexibility index (Phi) is 4.93. The molecular formula is C11H11F3N2O6S3. The molecule has 0 amide bonds. The van der Waals surface area contributed by atoms with Gasteiger partial charge in [-0.1, -0.05) is 11.3 Å². The first-order valence-electron chi connectivity index (χ1n) is 6.30. The second-order valence-corrected chi connectivity index (χ2v) is 9.50. The van der Waals surface area contributed by atoms with Gasteiger partial charge in [-0.05, 0) is 0 Å². The van der Waals surface area contributed by atoms with Crippen LogP contribution in [0.2, 0.25) is 0 Å². The van der Waals surface area contributed by atoms with E-state index in [-0.39, 0.29) is 32.2 Å². The number of benzene rings is 1. The van der Waals surface area contributed by atoms with Crippen LogP contribution in [0.25, 0.3) is 10.2 Å². The van der Waals surface area contributed by atoms with E-state index in [1.54, 1.807) is 0 Å². The zero-order valence-corrected chi connectivity index (χ0v) is 14.8. The average Bonchev–Trinajstić information content (AvgIpc) is 2.66. The van der Waals surface area contributed by atoms with E-state index in [0.717, 1.165) is 23.5 Å². The first-order chi connectivity index (χ1) is 11.2. The van der Waals surface area contributed by atoms with Crippen molar-refractivity contribution in [3.8, 4) is 5.75 Å². The standard InChI is InChI=1S/C10H7F3N2O3S2.CH4O3S/c11-10(12,13)18-5-3-6-8-7(4-5)20(16,17)2-1-15(8)9(14)19-6;1-5(2,3)4/h3-4,14H,1-2H2;1H3,(H,2,3,4). The maximum atomic E-state index is 12.3. The normalized spacial score (nSPS) is 16.2. The van der Waals surface area contributed by atoms with E-state index in [0.29, 0.717) is 6.26 Å². The van der Waals surface area contributed by atoms with Gasteiger partial charge in [-0.25, -0.2) is 8.42 Å². The summed E-state index contributed by atoms with van der Waals surface area (Å²) in [6, 6.07) is 1.97. The number of ether oxygens (including phenoxy) is 1. The molecule has 0 aliphatic carbocycles. The summed E-state index contributed by atoms with van der Waals surface area (Å²) in [6.45, 7) is 0.133. The van der Waals surface area contributed by atoms with Gasteiger partial charge in [0.25, 0.3) is 10.1 Å². The largest absolute Gasteiger partial charge is 0.573 e. The molecule has 0 fully saturated rings.